The lowest BCUT2D eigenvalue weighted by Gasteiger charge is -2.36. The summed E-state index contributed by atoms with van der Waals surface area (Å²) >= 11 is 0. The van der Waals surface area contributed by atoms with Crippen molar-refractivity contribution in [3.8, 4) is 5.75 Å². The molecule has 1 aromatic heterocycles. The number of hydrogen-bond acceptors (Lipinski definition) is 5. The van der Waals surface area contributed by atoms with Crippen molar-refractivity contribution in [2.45, 2.75) is 13.3 Å². The molecule has 1 saturated heterocycles. The predicted octanol–water partition coefficient (Wildman–Crippen LogP) is 2.60. The Morgan fingerprint density at radius 3 is 2.47 bits per heavy atom. The zero-order chi connectivity index (χ0) is 21.9. The fourth-order valence-electron chi connectivity index (χ4n) is 3.50. The number of aliphatic imine (C=N–C) groups is 1. The van der Waals surface area contributed by atoms with Crippen molar-refractivity contribution < 1.29 is 13.9 Å². The van der Waals surface area contributed by atoms with Gasteiger partial charge >= 0.3 is 0 Å². The standard InChI is InChI=1S/C23H33N5O3.HI/c1-19-9-17-31-21(19)22(29)25-10-6-11-26-23(24-2)28-14-12-27(13-15-28)16-18-30-20-7-4-3-5-8-20;/h3-5,7-9,17H,6,10-16,18H2,1-2H3,(H,24,26)(H,25,29);1H. The molecule has 0 radical (unpaired) electrons. The number of amides is 1. The number of hydrogen-bond donors (Lipinski definition) is 2. The molecule has 1 aromatic carbocycles. The molecule has 32 heavy (non-hydrogen) atoms. The zero-order valence-electron chi connectivity index (χ0n) is 18.9. The maximum atomic E-state index is 12.0. The highest BCUT2D eigenvalue weighted by Crippen LogP contribution is 2.09. The van der Waals surface area contributed by atoms with Crippen LogP contribution in [-0.4, -0.2) is 81.1 Å². The van der Waals surface area contributed by atoms with E-state index in [1.165, 1.54) is 6.26 Å². The number of carbonyl (C=O) groups excluding carboxylic acids is 1. The van der Waals surface area contributed by atoms with Crippen molar-refractivity contribution >= 4 is 35.8 Å². The molecule has 0 aliphatic carbocycles. The van der Waals surface area contributed by atoms with Crippen LogP contribution in [0.5, 0.6) is 5.75 Å². The normalized spacial score (nSPS) is 14.6. The third-order valence-electron chi connectivity index (χ3n) is 5.29. The summed E-state index contributed by atoms with van der Waals surface area (Å²) in [5.74, 6) is 2.05. The molecule has 3 rings (SSSR count). The van der Waals surface area contributed by atoms with Gasteiger partial charge in [-0.1, -0.05) is 18.2 Å². The van der Waals surface area contributed by atoms with Crippen LogP contribution in [0.15, 0.2) is 52.1 Å². The third-order valence-corrected chi connectivity index (χ3v) is 5.29. The second-order valence-corrected chi connectivity index (χ2v) is 7.51. The lowest BCUT2D eigenvalue weighted by atomic mass is 10.2. The second-order valence-electron chi connectivity index (χ2n) is 7.51. The third kappa shape index (κ3) is 8.01. The van der Waals surface area contributed by atoms with E-state index in [1.807, 2.05) is 44.3 Å². The lowest BCUT2D eigenvalue weighted by molar-refractivity contribution is 0.0925. The van der Waals surface area contributed by atoms with Crippen molar-refractivity contribution in [1.82, 2.24) is 20.4 Å². The molecule has 0 bridgehead atoms. The molecule has 1 aliphatic rings. The first-order valence-electron chi connectivity index (χ1n) is 10.9. The number of ether oxygens (including phenoxy) is 1. The Kier molecular flexibility index (Phi) is 11.4. The molecule has 1 fully saturated rings. The molecule has 2 N–H and O–H groups in total. The topological polar surface area (TPSA) is 82.3 Å². The molecule has 0 spiro atoms. The molecule has 1 aliphatic heterocycles. The summed E-state index contributed by atoms with van der Waals surface area (Å²) in [6.07, 6.45) is 2.34. The van der Waals surface area contributed by atoms with Crippen LogP contribution in [0.1, 0.15) is 22.5 Å². The van der Waals surface area contributed by atoms with Crippen LogP contribution in [0.25, 0.3) is 0 Å². The number of rotatable bonds is 9. The number of benzene rings is 1. The Balaban J connectivity index is 0.00000363. The number of piperazine rings is 1. The zero-order valence-corrected chi connectivity index (χ0v) is 21.2. The van der Waals surface area contributed by atoms with E-state index in [0.29, 0.717) is 18.9 Å². The Bertz CT molecular complexity index is 835. The number of aryl methyl sites for hydroxylation is 1. The van der Waals surface area contributed by atoms with E-state index in [9.17, 15) is 4.79 Å². The van der Waals surface area contributed by atoms with E-state index in [-0.39, 0.29) is 29.9 Å². The van der Waals surface area contributed by atoms with Crippen LogP contribution in [-0.2, 0) is 0 Å². The summed E-state index contributed by atoms with van der Waals surface area (Å²) in [5, 5.41) is 6.29. The molecular formula is C23H34IN5O3. The number of nitrogens with one attached hydrogen (secondary N) is 2. The van der Waals surface area contributed by atoms with E-state index >= 15 is 0 Å². The van der Waals surface area contributed by atoms with E-state index in [2.05, 4.69) is 25.4 Å². The molecule has 1 amide bonds. The average Bonchev–Trinajstić information content (AvgIpc) is 3.23. The summed E-state index contributed by atoms with van der Waals surface area (Å²) in [6, 6.07) is 11.7. The van der Waals surface area contributed by atoms with Gasteiger partial charge in [-0.25, -0.2) is 0 Å². The molecule has 0 saturated carbocycles. The molecule has 0 unspecified atom stereocenters. The van der Waals surface area contributed by atoms with Gasteiger partial charge in [-0.05, 0) is 31.5 Å². The second kappa shape index (κ2) is 14.0. The fraction of sp³-hybridized carbons (Fsp3) is 0.478. The fourth-order valence-corrected chi connectivity index (χ4v) is 3.50. The first-order chi connectivity index (χ1) is 15.2. The van der Waals surface area contributed by atoms with Crippen molar-refractivity contribution in [3.05, 3.63) is 54.0 Å². The van der Waals surface area contributed by atoms with Gasteiger partial charge in [-0.15, -0.1) is 24.0 Å². The number of para-hydroxylation sites is 1. The van der Waals surface area contributed by atoms with Gasteiger partial charge in [0.25, 0.3) is 5.91 Å². The van der Waals surface area contributed by atoms with Gasteiger partial charge in [0.2, 0.25) is 0 Å². The van der Waals surface area contributed by atoms with E-state index < -0.39 is 0 Å². The maximum absolute atomic E-state index is 12.0. The largest absolute Gasteiger partial charge is 0.492 e. The smallest absolute Gasteiger partial charge is 0.287 e. The molecule has 2 heterocycles. The maximum Gasteiger partial charge on any atom is 0.287 e. The first-order valence-corrected chi connectivity index (χ1v) is 10.9. The molecular weight excluding hydrogens is 521 g/mol. The Labute approximate surface area is 207 Å². The Morgan fingerprint density at radius 2 is 1.81 bits per heavy atom. The average molecular weight is 555 g/mol. The molecule has 0 atom stereocenters. The highest BCUT2D eigenvalue weighted by atomic mass is 127. The first kappa shape index (κ1) is 26.0. The summed E-state index contributed by atoms with van der Waals surface area (Å²) in [7, 11) is 1.81. The van der Waals surface area contributed by atoms with Gasteiger partial charge in [0.15, 0.2) is 11.7 Å². The summed E-state index contributed by atoms with van der Waals surface area (Å²) < 4.78 is 11.0. The molecule has 2 aromatic rings. The summed E-state index contributed by atoms with van der Waals surface area (Å²) in [5.41, 5.74) is 0.849. The van der Waals surface area contributed by atoms with Gasteiger partial charge < -0.3 is 24.7 Å². The Hall–Kier alpha value is -2.27. The van der Waals surface area contributed by atoms with Crippen LogP contribution in [0.3, 0.4) is 0 Å². The SMILES string of the molecule is CN=C(NCCCNC(=O)c1occc1C)N1CCN(CCOc2ccccc2)CC1.I. The quantitative estimate of drug-likeness (QED) is 0.214. The number of nitrogens with zero attached hydrogens (tertiary/aromatic N) is 3. The van der Waals surface area contributed by atoms with E-state index in [0.717, 1.165) is 63.0 Å². The van der Waals surface area contributed by atoms with Crippen molar-refractivity contribution in [2.75, 3.05) is 59.5 Å². The molecule has 9 heteroatoms. The minimum Gasteiger partial charge on any atom is -0.492 e. The monoisotopic (exact) mass is 555 g/mol. The lowest BCUT2D eigenvalue weighted by Crippen LogP contribution is -2.53. The molecule has 176 valence electrons. The number of guanidine groups is 1. The van der Waals surface area contributed by atoms with Crippen molar-refractivity contribution in [2.24, 2.45) is 4.99 Å². The number of halogens is 1. The minimum absolute atomic E-state index is 0. The summed E-state index contributed by atoms with van der Waals surface area (Å²) in [6.45, 7) is 8.63. The predicted molar refractivity (Wildman–Crippen MR) is 137 cm³/mol. The summed E-state index contributed by atoms with van der Waals surface area (Å²) in [4.78, 5) is 21.1. The Morgan fingerprint density at radius 1 is 1.09 bits per heavy atom. The van der Waals surface area contributed by atoms with Crippen molar-refractivity contribution in [3.63, 3.8) is 0 Å². The van der Waals surface area contributed by atoms with Gasteiger partial charge in [-0.2, -0.15) is 0 Å². The van der Waals surface area contributed by atoms with Gasteiger partial charge in [-0.3, -0.25) is 14.7 Å². The van der Waals surface area contributed by atoms with Gasteiger partial charge in [0.1, 0.15) is 12.4 Å². The van der Waals surface area contributed by atoms with Crippen LogP contribution in [0, 0.1) is 6.92 Å². The minimum atomic E-state index is -0.167. The van der Waals surface area contributed by atoms with Crippen LogP contribution < -0.4 is 15.4 Å². The van der Waals surface area contributed by atoms with Crippen molar-refractivity contribution in [1.29, 1.82) is 0 Å². The van der Waals surface area contributed by atoms with Gasteiger partial charge in [0.05, 0.1) is 6.26 Å². The number of carbonyl (C=O) groups is 1. The van der Waals surface area contributed by atoms with E-state index in [4.69, 9.17) is 9.15 Å². The number of furan rings is 1. The van der Waals surface area contributed by atoms with Crippen LogP contribution in [0.4, 0.5) is 0 Å². The molecule has 8 nitrogen and oxygen atoms in total. The van der Waals surface area contributed by atoms with Crippen LogP contribution >= 0.6 is 24.0 Å². The van der Waals surface area contributed by atoms with E-state index in [1.54, 1.807) is 6.07 Å². The van der Waals surface area contributed by atoms with Crippen LogP contribution in [0.2, 0.25) is 0 Å². The van der Waals surface area contributed by atoms with Gasteiger partial charge in [0, 0.05) is 58.4 Å². The highest BCUT2D eigenvalue weighted by molar-refractivity contribution is 14.0. The highest BCUT2D eigenvalue weighted by Gasteiger charge is 2.19.